The first kappa shape index (κ1) is 19.9. The SMILES string of the molecule is O=C(NCCn1ncc2c(=O)n(Cc3ccc([N+](=O)[O-])cc3)cnc21)c1ccncc1. The summed E-state index contributed by atoms with van der Waals surface area (Å²) in [5.41, 5.74) is 1.38. The number of hydrogen-bond donors (Lipinski definition) is 1. The monoisotopic (exact) mass is 419 g/mol. The highest BCUT2D eigenvalue weighted by atomic mass is 16.6. The Kier molecular flexibility index (Phi) is 5.47. The molecule has 156 valence electrons. The molecule has 0 aliphatic rings. The van der Waals surface area contributed by atoms with Crippen molar-refractivity contribution in [3.8, 4) is 0 Å². The third-order valence-electron chi connectivity index (χ3n) is 4.67. The second-order valence-electron chi connectivity index (χ2n) is 6.70. The molecule has 0 saturated heterocycles. The molecule has 1 amide bonds. The first-order valence-corrected chi connectivity index (χ1v) is 9.35. The van der Waals surface area contributed by atoms with Gasteiger partial charge < -0.3 is 5.32 Å². The normalized spacial score (nSPS) is 10.8. The average Bonchev–Trinajstić information content (AvgIpc) is 3.20. The van der Waals surface area contributed by atoms with Crippen molar-refractivity contribution in [2.24, 2.45) is 0 Å². The summed E-state index contributed by atoms with van der Waals surface area (Å²) >= 11 is 0. The molecule has 4 rings (SSSR count). The summed E-state index contributed by atoms with van der Waals surface area (Å²) in [5.74, 6) is -0.225. The minimum absolute atomic E-state index is 0.0121. The second kappa shape index (κ2) is 8.53. The van der Waals surface area contributed by atoms with Gasteiger partial charge in [-0.25, -0.2) is 9.67 Å². The smallest absolute Gasteiger partial charge is 0.269 e. The molecule has 0 atom stereocenters. The molecule has 0 aliphatic carbocycles. The fourth-order valence-electron chi connectivity index (χ4n) is 3.07. The number of pyridine rings is 1. The van der Waals surface area contributed by atoms with Crippen molar-refractivity contribution in [2.45, 2.75) is 13.1 Å². The van der Waals surface area contributed by atoms with Crippen LogP contribution in [0.2, 0.25) is 0 Å². The third kappa shape index (κ3) is 4.29. The van der Waals surface area contributed by atoms with Gasteiger partial charge >= 0.3 is 0 Å². The fourth-order valence-corrected chi connectivity index (χ4v) is 3.07. The molecular formula is C20H17N7O4. The van der Waals surface area contributed by atoms with E-state index in [1.165, 1.54) is 29.2 Å². The summed E-state index contributed by atoms with van der Waals surface area (Å²) < 4.78 is 2.97. The van der Waals surface area contributed by atoms with E-state index in [-0.39, 0.29) is 23.7 Å². The summed E-state index contributed by atoms with van der Waals surface area (Å²) in [6, 6.07) is 9.23. The van der Waals surface area contributed by atoms with Crippen LogP contribution in [0.25, 0.3) is 11.0 Å². The molecule has 0 unspecified atom stereocenters. The Bertz CT molecular complexity index is 1300. The summed E-state index contributed by atoms with van der Waals surface area (Å²) in [4.78, 5) is 43.4. The molecule has 0 spiro atoms. The summed E-state index contributed by atoms with van der Waals surface area (Å²) in [5, 5.41) is 18.1. The Hall–Kier alpha value is -4.41. The van der Waals surface area contributed by atoms with Crippen LogP contribution in [0.3, 0.4) is 0 Å². The van der Waals surface area contributed by atoms with Gasteiger partial charge in [0.25, 0.3) is 17.2 Å². The number of nitrogens with zero attached hydrogens (tertiary/aromatic N) is 6. The van der Waals surface area contributed by atoms with Crippen molar-refractivity contribution in [2.75, 3.05) is 6.54 Å². The van der Waals surface area contributed by atoms with Crippen LogP contribution in [0, 0.1) is 10.1 Å². The Morgan fingerprint density at radius 2 is 1.87 bits per heavy atom. The van der Waals surface area contributed by atoms with Crippen molar-refractivity contribution in [1.29, 1.82) is 0 Å². The number of nitrogens with one attached hydrogen (secondary N) is 1. The number of carbonyl (C=O) groups excluding carboxylic acids is 1. The number of aromatic nitrogens is 5. The zero-order valence-corrected chi connectivity index (χ0v) is 16.2. The highest BCUT2D eigenvalue weighted by Crippen LogP contribution is 2.13. The number of nitro groups is 1. The lowest BCUT2D eigenvalue weighted by Gasteiger charge is -2.07. The topological polar surface area (TPSA) is 138 Å². The molecule has 31 heavy (non-hydrogen) atoms. The van der Waals surface area contributed by atoms with E-state index in [4.69, 9.17) is 0 Å². The number of benzene rings is 1. The predicted octanol–water partition coefficient (Wildman–Crippen LogP) is 1.37. The van der Waals surface area contributed by atoms with Gasteiger partial charge in [0.2, 0.25) is 0 Å². The molecule has 3 aromatic heterocycles. The van der Waals surface area contributed by atoms with E-state index in [9.17, 15) is 19.7 Å². The first-order chi connectivity index (χ1) is 15.0. The van der Waals surface area contributed by atoms with Gasteiger partial charge in [0.05, 0.1) is 24.2 Å². The van der Waals surface area contributed by atoms with E-state index >= 15 is 0 Å². The molecule has 11 nitrogen and oxygen atoms in total. The van der Waals surface area contributed by atoms with Crippen LogP contribution in [-0.4, -0.2) is 41.7 Å². The van der Waals surface area contributed by atoms with Crippen LogP contribution in [0.1, 0.15) is 15.9 Å². The van der Waals surface area contributed by atoms with E-state index in [0.29, 0.717) is 29.7 Å². The van der Waals surface area contributed by atoms with E-state index in [1.54, 1.807) is 41.3 Å². The fraction of sp³-hybridized carbons (Fsp3) is 0.150. The summed E-state index contributed by atoms with van der Waals surface area (Å²) in [6.45, 7) is 0.886. The van der Waals surface area contributed by atoms with Gasteiger partial charge in [-0.1, -0.05) is 12.1 Å². The molecule has 1 N–H and O–H groups in total. The van der Waals surface area contributed by atoms with Gasteiger partial charge in [0.15, 0.2) is 5.65 Å². The van der Waals surface area contributed by atoms with E-state index < -0.39 is 4.92 Å². The van der Waals surface area contributed by atoms with Crippen LogP contribution < -0.4 is 10.9 Å². The number of fused-ring (bicyclic) bond motifs is 1. The average molecular weight is 419 g/mol. The molecule has 1 aromatic carbocycles. The van der Waals surface area contributed by atoms with Crippen molar-refractivity contribution in [3.63, 3.8) is 0 Å². The highest BCUT2D eigenvalue weighted by Gasteiger charge is 2.12. The zero-order chi connectivity index (χ0) is 21.8. The maximum absolute atomic E-state index is 12.8. The van der Waals surface area contributed by atoms with Gasteiger partial charge in [-0.2, -0.15) is 5.10 Å². The Morgan fingerprint density at radius 3 is 2.58 bits per heavy atom. The van der Waals surface area contributed by atoms with Gasteiger partial charge in [-0.15, -0.1) is 0 Å². The Balaban J connectivity index is 1.45. The van der Waals surface area contributed by atoms with E-state index in [1.807, 2.05) is 0 Å². The van der Waals surface area contributed by atoms with Gasteiger partial charge in [0.1, 0.15) is 11.7 Å². The number of rotatable bonds is 7. The minimum Gasteiger partial charge on any atom is -0.350 e. The number of hydrogen-bond acceptors (Lipinski definition) is 7. The molecular weight excluding hydrogens is 402 g/mol. The highest BCUT2D eigenvalue weighted by molar-refractivity contribution is 5.93. The van der Waals surface area contributed by atoms with Crippen LogP contribution >= 0.6 is 0 Å². The predicted molar refractivity (Wildman–Crippen MR) is 111 cm³/mol. The summed E-state index contributed by atoms with van der Waals surface area (Å²) in [6.07, 6.45) is 5.95. The number of carbonyl (C=O) groups is 1. The zero-order valence-electron chi connectivity index (χ0n) is 16.2. The lowest BCUT2D eigenvalue weighted by atomic mass is 10.2. The van der Waals surface area contributed by atoms with Crippen LogP contribution in [0.4, 0.5) is 5.69 Å². The minimum atomic E-state index is -0.475. The molecule has 0 radical (unpaired) electrons. The number of non-ortho nitro benzene ring substituents is 1. The first-order valence-electron chi connectivity index (χ1n) is 9.35. The van der Waals surface area contributed by atoms with Crippen molar-refractivity contribution >= 4 is 22.6 Å². The molecule has 11 heteroatoms. The lowest BCUT2D eigenvalue weighted by Crippen LogP contribution is -2.27. The van der Waals surface area contributed by atoms with E-state index in [0.717, 1.165) is 5.56 Å². The third-order valence-corrected chi connectivity index (χ3v) is 4.67. The van der Waals surface area contributed by atoms with Gasteiger partial charge in [-0.3, -0.25) is 29.3 Å². The summed E-state index contributed by atoms with van der Waals surface area (Å²) in [7, 11) is 0. The molecule has 0 fully saturated rings. The molecule has 0 saturated carbocycles. The second-order valence-corrected chi connectivity index (χ2v) is 6.70. The Labute approximate surface area is 175 Å². The molecule has 0 aliphatic heterocycles. The van der Waals surface area contributed by atoms with Gasteiger partial charge in [0, 0.05) is 36.6 Å². The molecule has 3 heterocycles. The maximum atomic E-state index is 12.8. The standard InChI is InChI=1S/C20H17N7O4/c28-19(15-5-7-21-8-6-15)22-9-10-26-18-17(11-24-26)20(29)25(13-23-18)12-14-1-3-16(4-2-14)27(30)31/h1-8,11,13H,9-10,12H2,(H,22,28). The van der Waals surface area contributed by atoms with Gasteiger partial charge in [-0.05, 0) is 17.7 Å². The molecule has 0 bridgehead atoms. The van der Waals surface area contributed by atoms with Crippen molar-refractivity contribution in [3.05, 3.63) is 92.9 Å². The van der Waals surface area contributed by atoms with E-state index in [2.05, 4.69) is 20.4 Å². The molecule has 4 aromatic rings. The quantitative estimate of drug-likeness (QED) is 0.353. The number of amides is 1. The number of nitro benzene ring substituents is 1. The lowest BCUT2D eigenvalue weighted by molar-refractivity contribution is -0.384. The van der Waals surface area contributed by atoms with Crippen molar-refractivity contribution in [1.82, 2.24) is 29.6 Å². The van der Waals surface area contributed by atoms with Crippen LogP contribution in [-0.2, 0) is 13.1 Å². The maximum Gasteiger partial charge on any atom is 0.269 e. The largest absolute Gasteiger partial charge is 0.350 e. The van der Waals surface area contributed by atoms with Crippen LogP contribution in [0.5, 0.6) is 0 Å². The Morgan fingerprint density at radius 1 is 1.13 bits per heavy atom. The van der Waals surface area contributed by atoms with Crippen molar-refractivity contribution < 1.29 is 9.72 Å². The van der Waals surface area contributed by atoms with Crippen LogP contribution in [0.15, 0.2) is 66.1 Å².